The summed E-state index contributed by atoms with van der Waals surface area (Å²) < 4.78 is 1.72. The molecule has 0 fully saturated rings. The van der Waals surface area contributed by atoms with Crippen LogP contribution in [0.15, 0.2) is 42.6 Å². The summed E-state index contributed by atoms with van der Waals surface area (Å²) in [6, 6.07) is 11.3. The summed E-state index contributed by atoms with van der Waals surface area (Å²) in [4.78, 5) is 12.9. The van der Waals surface area contributed by atoms with Crippen molar-refractivity contribution in [3.05, 3.63) is 53.7 Å². The SMILES string of the molecule is CCc1cccc(CC)c1NC(=O)C(C)n1ncc2ccc(N)cc21. The van der Waals surface area contributed by atoms with Crippen molar-refractivity contribution < 1.29 is 4.79 Å². The third-order valence-electron chi connectivity index (χ3n) is 4.62. The van der Waals surface area contributed by atoms with Crippen LogP contribution < -0.4 is 11.1 Å². The molecule has 0 saturated heterocycles. The Morgan fingerprint density at radius 3 is 2.52 bits per heavy atom. The lowest BCUT2D eigenvalue weighted by Crippen LogP contribution is -2.25. The van der Waals surface area contributed by atoms with E-state index in [0.717, 1.165) is 40.6 Å². The zero-order valence-electron chi connectivity index (χ0n) is 14.9. The summed E-state index contributed by atoms with van der Waals surface area (Å²) >= 11 is 0. The summed E-state index contributed by atoms with van der Waals surface area (Å²) in [6.45, 7) is 6.04. The Kier molecular flexibility index (Phi) is 4.74. The highest BCUT2D eigenvalue weighted by Gasteiger charge is 2.20. The van der Waals surface area contributed by atoms with E-state index in [1.807, 2.05) is 31.2 Å². The van der Waals surface area contributed by atoms with Crippen LogP contribution in [0.1, 0.15) is 37.9 Å². The van der Waals surface area contributed by atoms with Crippen molar-refractivity contribution in [3.63, 3.8) is 0 Å². The minimum Gasteiger partial charge on any atom is -0.399 e. The van der Waals surface area contributed by atoms with E-state index in [9.17, 15) is 4.79 Å². The number of hydrogen-bond acceptors (Lipinski definition) is 3. The molecule has 3 aromatic rings. The van der Waals surface area contributed by atoms with Crippen LogP contribution in [0, 0.1) is 0 Å². The van der Waals surface area contributed by atoms with Crippen molar-refractivity contribution in [3.8, 4) is 0 Å². The molecule has 1 heterocycles. The van der Waals surface area contributed by atoms with Gasteiger partial charge in [0.2, 0.25) is 5.91 Å². The Hall–Kier alpha value is -2.82. The first-order valence-electron chi connectivity index (χ1n) is 8.69. The number of carbonyl (C=O) groups is 1. The molecule has 0 saturated carbocycles. The molecule has 0 aliphatic rings. The number of benzene rings is 2. The van der Waals surface area contributed by atoms with Gasteiger partial charge in [0.15, 0.2) is 0 Å². The van der Waals surface area contributed by atoms with Crippen LogP contribution >= 0.6 is 0 Å². The van der Waals surface area contributed by atoms with E-state index in [0.29, 0.717) is 5.69 Å². The van der Waals surface area contributed by atoms with Gasteiger partial charge in [0, 0.05) is 16.8 Å². The molecular formula is C20H24N4O. The Morgan fingerprint density at radius 1 is 1.20 bits per heavy atom. The van der Waals surface area contributed by atoms with E-state index in [1.54, 1.807) is 10.9 Å². The number of fused-ring (bicyclic) bond motifs is 1. The summed E-state index contributed by atoms with van der Waals surface area (Å²) in [6.07, 6.45) is 3.51. The van der Waals surface area contributed by atoms with Crippen LogP contribution in [0.4, 0.5) is 11.4 Å². The zero-order valence-corrected chi connectivity index (χ0v) is 14.9. The number of hydrogen-bond donors (Lipinski definition) is 2. The molecule has 5 nitrogen and oxygen atoms in total. The van der Waals surface area contributed by atoms with E-state index in [2.05, 4.69) is 36.4 Å². The molecule has 2 aromatic carbocycles. The number of nitrogens with two attached hydrogens (primary N) is 1. The number of aromatic nitrogens is 2. The second kappa shape index (κ2) is 6.97. The summed E-state index contributed by atoms with van der Waals surface area (Å²) in [5.74, 6) is -0.0805. The van der Waals surface area contributed by atoms with Gasteiger partial charge in [-0.2, -0.15) is 5.10 Å². The van der Waals surface area contributed by atoms with E-state index < -0.39 is 6.04 Å². The summed E-state index contributed by atoms with van der Waals surface area (Å²) in [5, 5.41) is 8.47. The van der Waals surface area contributed by atoms with E-state index >= 15 is 0 Å². The first-order valence-corrected chi connectivity index (χ1v) is 8.69. The van der Waals surface area contributed by atoms with Crippen molar-refractivity contribution in [2.75, 3.05) is 11.1 Å². The minimum atomic E-state index is -0.436. The van der Waals surface area contributed by atoms with E-state index in [4.69, 9.17) is 5.73 Å². The predicted octanol–water partition coefficient (Wildman–Crippen LogP) is 3.94. The van der Waals surface area contributed by atoms with Crippen LogP contribution in [0.5, 0.6) is 0 Å². The van der Waals surface area contributed by atoms with Crippen LogP contribution in [-0.2, 0) is 17.6 Å². The topological polar surface area (TPSA) is 72.9 Å². The standard InChI is InChI=1S/C20H24N4O/c1-4-14-7-6-8-15(5-2)19(14)23-20(25)13(3)24-18-11-17(21)10-9-16(18)12-22-24/h6-13H,4-5,21H2,1-3H3,(H,23,25). The minimum absolute atomic E-state index is 0.0805. The molecule has 1 unspecified atom stereocenters. The lowest BCUT2D eigenvalue weighted by Gasteiger charge is -2.18. The summed E-state index contributed by atoms with van der Waals surface area (Å²) in [5.41, 5.74) is 10.6. The van der Waals surface area contributed by atoms with Crippen LogP contribution in [0.2, 0.25) is 0 Å². The third kappa shape index (κ3) is 3.22. The number of amides is 1. The average Bonchev–Trinajstić information content (AvgIpc) is 3.04. The largest absolute Gasteiger partial charge is 0.399 e. The molecule has 5 heteroatoms. The molecule has 0 aliphatic carbocycles. The van der Waals surface area contributed by atoms with Gasteiger partial charge in [-0.1, -0.05) is 32.0 Å². The van der Waals surface area contributed by atoms with Gasteiger partial charge in [-0.05, 0) is 49.1 Å². The highest BCUT2D eigenvalue weighted by molar-refractivity contribution is 5.96. The molecule has 1 atom stereocenters. The highest BCUT2D eigenvalue weighted by atomic mass is 16.2. The molecule has 0 spiro atoms. The van der Waals surface area contributed by atoms with Crippen LogP contribution in [-0.4, -0.2) is 15.7 Å². The number of rotatable bonds is 5. The van der Waals surface area contributed by atoms with Gasteiger partial charge in [0.1, 0.15) is 6.04 Å². The fourth-order valence-corrected chi connectivity index (χ4v) is 3.11. The van der Waals surface area contributed by atoms with Crippen molar-refractivity contribution in [2.45, 2.75) is 39.7 Å². The zero-order chi connectivity index (χ0) is 18.0. The lowest BCUT2D eigenvalue weighted by molar-refractivity contribution is -0.119. The predicted molar refractivity (Wildman–Crippen MR) is 103 cm³/mol. The molecule has 0 bridgehead atoms. The first kappa shape index (κ1) is 17.0. The Bertz CT molecular complexity index is 891. The van der Waals surface area contributed by atoms with Crippen molar-refractivity contribution in [2.24, 2.45) is 0 Å². The molecular weight excluding hydrogens is 312 g/mol. The maximum Gasteiger partial charge on any atom is 0.248 e. The maximum atomic E-state index is 12.9. The number of nitrogen functional groups attached to an aromatic ring is 1. The van der Waals surface area contributed by atoms with Gasteiger partial charge in [-0.25, -0.2) is 0 Å². The quantitative estimate of drug-likeness (QED) is 0.693. The Labute approximate surface area is 147 Å². The summed E-state index contributed by atoms with van der Waals surface area (Å²) in [7, 11) is 0. The Balaban J connectivity index is 1.92. The average molecular weight is 336 g/mol. The fraction of sp³-hybridized carbons (Fsp3) is 0.300. The number of aryl methyl sites for hydroxylation is 2. The molecule has 3 rings (SSSR count). The van der Waals surface area contributed by atoms with Crippen LogP contribution in [0.3, 0.4) is 0 Å². The van der Waals surface area contributed by atoms with E-state index in [1.165, 1.54) is 0 Å². The van der Waals surface area contributed by atoms with Gasteiger partial charge < -0.3 is 11.1 Å². The smallest absolute Gasteiger partial charge is 0.248 e. The number of nitrogens with zero attached hydrogens (tertiary/aromatic N) is 2. The third-order valence-corrected chi connectivity index (χ3v) is 4.62. The van der Waals surface area contributed by atoms with Crippen LogP contribution in [0.25, 0.3) is 10.9 Å². The first-order chi connectivity index (χ1) is 12.0. The second-order valence-corrected chi connectivity index (χ2v) is 6.23. The normalized spacial score (nSPS) is 12.3. The molecule has 130 valence electrons. The Morgan fingerprint density at radius 2 is 1.88 bits per heavy atom. The van der Waals surface area contributed by atoms with Gasteiger partial charge in [-0.15, -0.1) is 0 Å². The van der Waals surface area contributed by atoms with Gasteiger partial charge >= 0.3 is 0 Å². The van der Waals surface area contributed by atoms with Gasteiger partial charge in [-0.3, -0.25) is 9.48 Å². The molecule has 0 aliphatic heterocycles. The maximum absolute atomic E-state index is 12.9. The molecule has 1 aromatic heterocycles. The number of para-hydroxylation sites is 1. The second-order valence-electron chi connectivity index (χ2n) is 6.23. The number of anilines is 2. The molecule has 25 heavy (non-hydrogen) atoms. The van der Waals surface area contributed by atoms with E-state index in [-0.39, 0.29) is 5.91 Å². The number of carbonyl (C=O) groups excluding carboxylic acids is 1. The monoisotopic (exact) mass is 336 g/mol. The molecule has 1 amide bonds. The molecule has 0 radical (unpaired) electrons. The van der Waals surface area contributed by atoms with Gasteiger partial charge in [0.05, 0.1) is 11.7 Å². The van der Waals surface area contributed by atoms with Crippen molar-refractivity contribution in [1.29, 1.82) is 0 Å². The lowest BCUT2D eigenvalue weighted by atomic mass is 10.0. The van der Waals surface area contributed by atoms with Crippen molar-refractivity contribution in [1.82, 2.24) is 9.78 Å². The van der Waals surface area contributed by atoms with Gasteiger partial charge in [0.25, 0.3) is 0 Å². The highest BCUT2D eigenvalue weighted by Crippen LogP contribution is 2.25. The molecule has 3 N–H and O–H groups in total. The van der Waals surface area contributed by atoms with Crippen molar-refractivity contribution >= 4 is 28.2 Å². The fourth-order valence-electron chi connectivity index (χ4n) is 3.11. The number of nitrogens with one attached hydrogen (secondary N) is 1.